The van der Waals surface area contributed by atoms with Gasteiger partial charge >= 0.3 is 0 Å². The molecule has 1 aliphatic rings. The van der Waals surface area contributed by atoms with Gasteiger partial charge in [0.15, 0.2) is 3.83 Å². The Balaban J connectivity index is 2.50. The highest BCUT2D eigenvalue weighted by Gasteiger charge is 2.16. The van der Waals surface area contributed by atoms with Gasteiger partial charge in [-0.15, -0.1) is 0 Å². The molecule has 0 aliphatic carbocycles. The van der Waals surface area contributed by atoms with Crippen molar-refractivity contribution >= 4 is 22.6 Å². The minimum atomic E-state index is 0.724. The third-order valence-electron chi connectivity index (χ3n) is 1.96. The molecule has 3 nitrogen and oxygen atoms in total. The molecular weight excluding hydrogens is 255 g/mol. The third-order valence-corrected chi connectivity index (χ3v) is 2.93. The van der Waals surface area contributed by atoms with E-state index in [0.717, 1.165) is 23.5 Å². The van der Waals surface area contributed by atoms with Crippen LogP contribution in [0.5, 0.6) is 0 Å². The van der Waals surface area contributed by atoms with Crippen LogP contribution in [0.2, 0.25) is 0 Å². The van der Waals surface area contributed by atoms with E-state index in [2.05, 4.69) is 32.1 Å². The zero-order valence-electron chi connectivity index (χ0n) is 6.30. The molecule has 0 radical (unpaired) electrons. The van der Waals surface area contributed by atoms with E-state index in [-0.39, 0.29) is 0 Å². The average Bonchev–Trinajstić information content (AvgIpc) is 2.30. The maximum Gasteiger partial charge on any atom is 0.171 e. The molecular formula is C7H9IN2O. The lowest BCUT2D eigenvalue weighted by atomic mass is 10.2. The number of ether oxygens (including phenoxy) is 1. The molecule has 4 heteroatoms. The van der Waals surface area contributed by atoms with Crippen LogP contribution in [0.1, 0.15) is 11.4 Å². The maximum atomic E-state index is 5.33. The number of hydrogen-bond donors (Lipinski definition) is 0. The molecule has 0 atom stereocenters. The summed E-state index contributed by atoms with van der Waals surface area (Å²) in [5.41, 5.74) is 2.45. The first-order valence-corrected chi connectivity index (χ1v) is 4.64. The second-order valence-corrected chi connectivity index (χ2v) is 3.60. The van der Waals surface area contributed by atoms with E-state index >= 15 is 0 Å². The number of halogens is 1. The predicted octanol–water partition coefficient (Wildman–Crippen LogP) is 1.10. The van der Waals surface area contributed by atoms with Crippen LogP contribution in [-0.2, 0) is 24.8 Å². The van der Waals surface area contributed by atoms with Crippen LogP contribution >= 0.6 is 22.6 Å². The van der Waals surface area contributed by atoms with Gasteiger partial charge < -0.3 is 9.30 Å². The number of imidazole rings is 1. The highest BCUT2D eigenvalue weighted by atomic mass is 127. The Morgan fingerprint density at radius 3 is 3.18 bits per heavy atom. The number of rotatable bonds is 0. The molecule has 0 amide bonds. The monoisotopic (exact) mass is 264 g/mol. The first kappa shape index (κ1) is 7.54. The fourth-order valence-electron chi connectivity index (χ4n) is 1.27. The second kappa shape index (κ2) is 2.75. The summed E-state index contributed by atoms with van der Waals surface area (Å²) in [6, 6.07) is 0. The molecule has 0 spiro atoms. The van der Waals surface area contributed by atoms with Crippen molar-refractivity contribution in [2.75, 3.05) is 6.61 Å². The molecule has 0 saturated carbocycles. The van der Waals surface area contributed by atoms with Gasteiger partial charge in [0.2, 0.25) is 0 Å². The molecule has 0 bridgehead atoms. The Morgan fingerprint density at radius 1 is 1.64 bits per heavy atom. The molecule has 0 aromatic carbocycles. The van der Waals surface area contributed by atoms with E-state index in [4.69, 9.17) is 4.74 Å². The molecule has 0 fully saturated rings. The van der Waals surface area contributed by atoms with Crippen LogP contribution < -0.4 is 0 Å². The first-order valence-electron chi connectivity index (χ1n) is 3.57. The summed E-state index contributed by atoms with van der Waals surface area (Å²) in [6.07, 6.45) is 0.964. The smallest absolute Gasteiger partial charge is 0.171 e. The van der Waals surface area contributed by atoms with E-state index in [1.807, 2.05) is 7.05 Å². The van der Waals surface area contributed by atoms with Gasteiger partial charge in [0.1, 0.15) is 0 Å². The van der Waals surface area contributed by atoms with Gasteiger partial charge in [-0.1, -0.05) is 0 Å². The van der Waals surface area contributed by atoms with Crippen molar-refractivity contribution in [3.8, 4) is 0 Å². The Hall–Kier alpha value is -0.100. The molecule has 0 N–H and O–H groups in total. The highest BCUT2D eigenvalue weighted by molar-refractivity contribution is 14.1. The summed E-state index contributed by atoms with van der Waals surface area (Å²) in [5, 5.41) is 0. The molecule has 11 heavy (non-hydrogen) atoms. The van der Waals surface area contributed by atoms with Crippen molar-refractivity contribution in [3.63, 3.8) is 0 Å². The zero-order chi connectivity index (χ0) is 7.84. The average molecular weight is 264 g/mol. The molecule has 60 valence electrons. The standard InChI is InChI=1S/C7H9IN2O/c1-10-6-4-11-3-2-5(6)9-7(10)8/h2-4H2,1H3. The topological polar surface area (TPSA) is 27.1 Å². The van der Waals surface area contributed by atoms with Crippen LogP contribution in [0.4, 0.5) is 0 Å². The molecule has 1 aliphatic heterocycles. The quantitative estimate of drug-likeness (QED) is 0.656. The highest BCUT2D eigenvalue weighted by Crippen LogP contribution is 2.17. The largest absolute Gasteiger partial charge is 0.375 e. The van der Waals surface area contributed by atoms with Gasteiger partial charge in [0, 0.05) is 13.5 Å². The number of hydrogen-bond acceptors (Lipinski definition) is 2. The Bertz CT molecular complexity index is 282. The van der Waals surface area contributed by atoms with Gasteiger partial charge in [-0.3, -0.25) is 0 Å². The number of fused-ring (bicyclic) bond motifs is 1. The van der Waals surface area contributed by atoms with Crippen molar-refractivity contribution in [2.45, 2.75) is 13.0 Å². The summed E-state index contributed by atoms with van der Waals surface area (Å²) < 4.78 is 8.47. The fraction of sp³-hybridized carbons (Fsp3) is 0.571. The van der Waals surface area contributed by atoms with Gasteiger partial charge in [0.05, 0.1) is 24.6 Å². The van der Waals surface area contributed by atoms with Crippen LogP contribution in [0.25, 0.3) is 0 Å². The molecule has 1 aromatic heterocycles. The Morgan fingerprint density at radius 2 is 2.45 bits per heavy atom. The minimum absolute atomic E-state index is 0.724. The lowest BCUT2D eigenvalue weighted by molar-refractivity contribution is 0.105. The van der Waals surface area contributed by atoms with Gasteiger partial charge in [-0.2, -0.15) is 0 Å². The summed E-state index contributed by atoms with van der Waals surface area (Å²) in [5.74, 6) is 0. The molecule has 2 rings (SSSR count). The van der Waals surface area contributed by atoms with Crippen LogP contribution in [-0.4, -0.2) is 16.2 Å². The third kappa shape index (κ3) is 1.18. The summed E-state index contributed by atoms with van der Waals surface area (Å²) >= 11 is 2.24. The lowest BCUT2D eigenvalue weighted by Crippen LogP contribution is -2.11. The summed E-state index contributed by atoms with van der Waals surface area (Å²) in [6.45, 7) is 1.54. The molecule has 0 unspecified atom stereocenters. The fourth-order valence-corrected chi connectivity index (χ4v) is 1.86. The van der Waals surface area contributed by atoms with Crippen LogP contribution in [0.15, 0.2) is 0 Å². The zero-order valence-corrected chi connectivity index (χ0v) is 8.46. The van der Waals surface area contributed by atoms with E-state index in [0.29, 0.717) is 0 Å². The molecule has 1 aromatic rings. The van der Waals surface area contributed by atoms with Crippen LogP contribution in [0.3, 0.4) is 0 Å². The molecule has 0 saturated heterocycles. The first-order chi connectivity index (χ1) is 5.29. The van der Waals surface area contributed by atoms with E-state index in [1.54, 1.807) is 0 Å². The number of aromatic nitrogens is 2. The predicted molar refractivity (Wildman–Crippen MR) is 49.3 cm³/mol. The summed E-state index contributed by atoms with van der Waals surface area (Å²) in [7, 11) is 2.03. The lowest BCUT2D eigenvalue weighted by Gasteiger charge is -2.11. The van der Waals surface area contributed by atoms with Gasteiger partial charge in [0.25, 0.3) is 0 Å². The molecule has 2 heterocycles. The Labute approximate surface area is 78.9 Å². The SMILES string of the molecule is Cn1c(I)nc2c1COCC2. The van der Waals surface area contributed by atoms with Crippen molar-refractivity contribution in [1.82, 2.24) is 9.55 Å². The Kier molecular flexibility index (Phi) is 1.88. The normalized spacial score (nSPS) is 16.5. The van der Waals surface area contributed by atoms with E-state index in [1.165, 1.54) is 11.4 Å². The van der Waals surface area contributed by atoms with Crippen molar-refractivity contribution in [3.05, 3.63) is 15.2 Å². The number of nitrogens with zero attached hydrogens (tertiary/aromatic N) is 2. The van der Waals surface area contributed by atoms with Crippen LogP contribution in [0, 0.1) is 3.83 Å². The maximum absolute atomic E-state index is 5.33. The van der Waals surface area contributed by atoms with Crippen molar-refractivity contribution in [2.24, 2.45) is 7.05 Å². The second-order valence-electron chi connectivity index (χ2n) is 2.64. The summed E-state index contributed by atoms with van der Waals surface area (Å²) in [4.78, 5) is 4.42. The van der Waals surface area contributed by atoms with E-state index < -0.39 is 0 Å². The minimum Gasteiger partial charge on any atom is -0.375 e. The van der Waals surface area contributed by atoms with Crippen molar-refractivity contribution < 1.29 is 4.74 Å². The van der Waals surface area contributed by atoms with Crippen molar-refractivity contribution in [1.29, 1.82) is 0 Å². The van der Waals surface area contributed by atoms with Gasteiger partial charge in [-0.05, 0) is 22.6 Å². The van der Waals surface area contributed by atoms with E-state index in [9.17, 15) is 0 Å². The van der Waals surface area contributed by atoms with Gasteiger partial charge in [-0.25, -0.2) is 4.98 Å².